The van der Waals surface area contributed by atoms with Crippen LogP contribution in [0, 0.1) is 0 Å². The Labute approximate surface area is 88.5 Å². The molecule has 0 atom stereocenters. The fraction of sp³-hybridized carbons (Fsp3) is 0.273. The second-order valence-electron chi connectivity index (χ2n) is 3.14. The van der Waals surface area contributed by atoms with Crippen molar-refractivity contribution in [3.05, 3.63) is 30.6 Å². The summed E-state index contributed by atoms with van der Waals surface area (Å²) in [6, 6.07) is 7.81. The molecular formula is C11H13N3O. The number of hydrogen-bond donors (Lipinski definition) is 0. The van der Waals surface area contributed by atoms with Crippen LogP contribution in [-0.2, 0) is 6.54 Å². The van der Waals surface area contributed by atoms with E-state index in [4.69, 9.17) is 4.74 Å². The fourth-order valence-corrected chi connectivity index (χ4v) is 1.52. The molecule has 15 heavy (non-hydrogen) atoms. The van der Waals surface area contributed by atoms with Crippen LogP contribution in [0.1, 0.15) is 6.92 Å². The van der Waals surface area contributed by atoms with Crippen LogP contribution in [0.15, 0.2) is 30.6 Å². The molecule has 0 amide bonds. The summed E-state index contributed by atoms with van der Waals surface area (Å²) in [5.74, 6) is 1.66. The molecule has 1 aromatic carbocycles. The molecular weight excluding hydrogens is 190 g/mol. The van der Waals surface area contributed by atoms with Crippen LogP contribution in [0.25, 0.3) is 11.4 Å². The van der Waals surface area contributed by atoms with Crippen molar-refractivity contribution in [1.82, 2.24) is 14.8 Å². The lowest BCUT2D eigenvalue weighted by molar-refractivity contribution is 0.416. The van der Waals surface area contributed by atoms with Crippen LogP contribution in [0.3, 0.4) is 0 Å². The number of methoxy groups -OCH3 is 1. The number of ether oxygens (including phenoxy) is 1. The Balaban J connectivity index is 2.53. The molecule has 0 aliphatic carbocycles. The van der Waals surface area contributed by atoms with Gasteiger partial charge < -0.3 is 9.30 Å². The summed E-state index contributed by atoms with van der Waals surface area (Å²) in [7, 11) is 1.66. The quantitative estimate of drug-likeness (QED) is 0.765. The second kappa shape index (κ2) is 4.13. The van der Waals surface area contributed by atoms with Crippen LogP contribution < -0.4 is 4.74 Å². The van der Waals surface area contributed by atoms with Crippen molar-refractivity contribution in [3.8, 4) is 17.1 Å². The Hall–Kier alpha value is -1.84. The predicted octanol–water partition coefficient (Wildman–Crippen LogP) is 1.97. The molecule has 0 N–H and O–H groups in total. The number of hydrogen-bond acceptors (Lipinski definition) is 3. The highest BCUT2D eigenvalue weighted by molar-refractivity contribution is 5.63. The van der Waals surface area contributed by atoms with Crippen molar-refractivity contribution in [2.45, 2.75) is 13.5 Å². The van der Waals surface area contributed by atoms with Gasteiger partial charge in [-0.3, -0.25) is 0 Å². The Morgan fingerprint density at radius 2 is 2.13 bits per heavy atom. The van der Waals surface area contributed by atoms with Gasteiger partial charge in [0.15, 0.2) is 5.82 Å². The monoisotopic (exact) mass is 203 g/mol. The zero-order valence-corrected chi connectivity index (χ0v) is 8.84. The largest absolute Gasteiger partial charge is 0.496 e. The molecule has 0 bridgehead atoms. The van der Waals surface area contributed by atoms with E-state index in [9.17, 15) is 0 Å². The highest BCUT2D eigenvalue weighted by Crippen LogP contribution is 2.27. The lowest BCUT2D eigenvalue weighted by Gasteiger charge is -2.07. The molecule has 0 aliphatic rings. The van der Waals surface area contributed by atoms with Gasteiger partial charge in [0.05, 0.1) is 12.7 Å². The van der Waals surface area contributed by atoms with Gasteiger partial charge in [-0.2, -0.15) is 0 Å². The van der Waals surface area contributed by atoms with Crippen LogP contribution >= 0.6 is 0 Å². The normalized spacial score (nSPS) is 10.3. The van der Waals surface area contributed by atoms with Gasteiger partial charge in [-0.05, 0) is 19.1 Å². The third-order valence-electron chi connectivity index (χ3n) is 2.30. The van der Waals surface area contributed by atoms with E-state index in [1.54, 1.807) is 13.4 Å². The van der Waals surface area contributed by atoms with E-state index in [1.165, 1.54) is 0 Å². The summed E-state index contributed by atoms with van der Waals surface area (Å²) in [5, 5.41) is 8.00. The fourth-order valence-electron chi connectivity index (χ4n) is 1.52. The molecule has 0 saturated carbocycles. The molecule has 2 rings (SSSR count). The molecule has 4 heteroatoms. The highest BCUT2D eigenvalue weighted by atomic mass is 16.5. The van der Waals surface area contributed by atoms with Crippen molar-refractivity contribution in [2.75, 3.05) is 7.11 Å². The van der Waals surface area contributed by atoms with Crippen molar-refractivity contribution in [3.63, 3.8) is 0 Å². The first-order chi connectivity index (χ1) is 7.36. The SMILES string of the molecule is CCn1cnnc1-c1ccccc1OC. The smallest absolute Gasteiger partial charge is 0.167 e. The number of nitrogens with zero attached hydrogens (tertiary/aromatic N) is 3. The molecule has 0 saturated heterocycles. The Bertz CT molecular complexity index is 451. The van der Waals surface area contributed by atoms with E-state index < -0.39 is 0 Å². The minimum atomic E-state index is 0.820. The number of benzene rings is 1. The van der Waals surface area contributed by atoms with E-state index in [1.807, 2.05) is 28.8 Å². The van der Waals surface area contributed by atoms with Gasteiger partial charge in [0.25, 0.3) is 0 Å². The molecule has 0 radical (unpaired) electrons. The first kappa shape index (κ1) is 9.71. The number of aryl methyl sites for hydroxylation is 1. The van der Waals surface area contributed by atoms with Crippen LogP contribution in [0.5, 0.6) is 5.75 Å². The van der Waals surface area contributed by atoms with E-state index in [2.05, 4.69) is 17.1 Å². The minimum absolute atomic E-state index is 0.820. The topological polar surface area (TPSA) is 39.9 Å². The molecule has 1 aromatic heterocycles. The molecule has 4 nitrogen and oxygen atoms in total. The standard InChI is InChI=1S/C11H13N3O/c1-3-14-8-12-13-11(14)9-6-4-5-7-10(9)15-2/h4-8H,3H2,1-2H3. The van der Waals surface area contributed by atoms with Crippen molar-refractivity contribution in [2.24, 2.45) is 0 Å². The third kappa shape index (κ3) is 1.70. The number of aromatic nitrogens is 3. The maximum atomic E-state index is 5.29. The van der Waals surface area contributed by atoms with Crippen molar-refractivity contribution >= 4 is 0 Å². The first-order valence-electron chi connectivity index (χ1n) is 4.88. The first-order valence-corrected chi connectivity index (χ1v) is 4.88. The Morgan fingerprint density at radius 3 is 2.87 bits per heavy atom. The summed E-state index contributed by atoms with van der Waals surface area (Å²) >= 11 is 0. The van der Waals surface area contributed by atoms with Crippen LogP contribution in [0.2, 0.25) is 0 Å². The van der Waals surface area contributed by atoms with Gasteiger partial charge in [-0.25, -0.2) is 0 Å². The van der Waals surface area contributed by atoms with Crippen LogP contribution in [-0.4, -0.2) is 21.9 Å². The average molecular weight is 203 g/mol. The van der Waals surface area contributed by atoms with Gasteiger partial charge in [-0.1, -0.05) is 12.1 Å². The van der Waals surface area contributed by atoms with Crippen LogP contribution in [0.4, 0.5) is 0 Å². The molecule has 1 heterocycles. The molecule has 0 unspecified atom stereocenters. The third-order valence-corrected chi connectivity index (χ3v) is 2.30. The highest BCUT2D eigenvalue weighted by Gasteiger charge is 2.10. The molecule has 0 aliphatic heterocycles. The minimum Gasteiger partial charge on any atom is -0.496 e. The van der Waals surface area contributed by atoms with Gasteiger partial charge in [0.1, 0.15) is 12.1 Å². The number of rotatable bonds is 3. The van der Waals surface area contributed by atoms with Gasteiger partial charge in [0.2, 0.25) is 0 Å². The van der Waals surface area contributed by atoms with E-state index in [0.717, 1.165) is 23.7 Å². The van der Waals surface area contributed by atoms with E-state index >= 15 is 0 Å². The maximum Gasteiger partial charge on any atom is 0.167 e. The number of para-hydroxylation sites is 1. The van der Waals surface area contributed by atoms with Crippen molar-refractivity contribution in [1.29, 1.82) is 0 Å². The zero-order chi connectivity index (χ0) is 10.7. The Morgan fingerprint density at radius 1 is 1.33 bits per heavy atom. The lowest BCUT2D eigenvalue weighted by Crippen LogP contribution is -1.97. The van der Waals surface area contributed by atoms with E-state index in [0.29, 0.717) is 0 Å². The molecule has 0 fully saturated rings. The summed E-state index contributed by atoms with van der Waals surface area (Å²) in [6.45, 7) is 2.91. The van der Waals surface area contributed by atoms with E-state index in [-0.39, 0.29) is 0 Å². The lowest BCUT2D eigenvalue weighted by atomic mass is 10.2. The zero-order valence-electron chi connectivity index (χ0n) is 8.84. The summed E-state index contributed by atoms with van der Waals surface area (Å²) in [6.07, 6.45) is 1.72. The maximum absolute atomic E-state index is 5.29. The summed E-state index contributed by atoms with van der Waals surface area (Å²) < 4.78 is 7.27. The van der Waals surface area contributed by atoms with Crippen molar-refractivity contribution < 1.29 is 4.74 Å². The predicted molar refractivity (Wildman–Crippen MR) is 57.7 cm³/mol. The Kier molecular flexibility index (Phi) is 2.67. The molecule has 78 valence electrons. The molecule has 2 aromatic rings. The summed E-state index contributed by atoms with van der Waals surface area (Å²) in [4.78, 5) is 0. The summed E-state index contributed by atoms with van der Waals surface area (Å²) in [5.41, 5.74) is 0.972. The molecule has 0 spiro atoms. The second-order valence-corrected chi connectivity index (χ2v) is 3.14. The van der Waals surface area contributed by atoms with Gasteiger partial charge >= 0.3 is 0 Å². The van der Waals surface area contributed by atoms with Gasteiger partial charge in [0, 0.05) is 6.54 Å². The van der Waals surface area contributed by atoms with Gasteiger partial charge in [-0.15, -0.1) is 10.2 Å². The average Bonchev–Trinajstić information content (AvgIpc) is 2.76.